The van der Waals surface area contributed by atoms with Gasteiger partial charge in [-0.25, -0.2) is 14.4 Å². The van der Waals surface area contributed by atoms with E-state index in [1.807, 2.05) is 0 Å². The molecule has 164 valence electrons. The topological polar surface area (TPSA) is 126 Å². The summed E-state index contributed by atoms with van der Waals surface area (Å²) in [4.78, 5) is 48.2. The van der Waals surface area contributed by atoms with Gasteiger partial charge in [-0.2, -0.15) is 0 Å². The molecule has 0 atom stereocenters. The van der Waals surface area contributed by atoms with Crippen LogP contribution in [-0.2, 0) is 19.0 Å². The van der Waals surface area contributed by atoms with Gasteiger partial charge in [0.05, 0.1) is 39.6 Å². The standard InChI is InChI=1S/C21H21NO9/c1-27-16-7-5-6-15(18(16)28-2)21(26)31-11-17(23)22-14-9-12(19(24)29-3)8-13(10-14)20(25)30-4/h5-10H,11H2,1-4H3,(H,22,23). The van der Waals surface area contributed by atoms with Gasteiger partial charge in [0.15, 0.2) is 18.1 Å². The van der Waals surface area contributed by atoms with Crippen molar-refractivity contribution in [3.63, 3.8) is 0 Å². The van der Waals surface area contributed by atoms with E-state index >= 15 is 0 Å². The van der Waals surface area contributed by atoms with E-state index in [0.717, 1.165) is 0 Å². The molecule has 0 aliphatic rings. The average Bonchev–Trinajstić information content (AvgIpc) is 2.80. The van der Waals surface area contributed by atoms with Crippen LogP contribution in [0.25, 0.3) is 0 Å². The average molecular weight is 431 g/mol. The van der Waals surface area contributed by atoms with Crippen LogP contribution in [0.3, 0.4) is 0 Å². The highest BCUT2D eigenvalue weighted by Crippen LogP contribution is 2.31. The summed E-state index contributed by atoms with van der Waals surface area (Å²) in [5, 5.41) is 2.45. The van der Waals surface area contributed by atoms with E-state index in [1.165, 1.54) is 52.7 Å². The quantitative estimate of drug-likeness (QED) is 0.494. The maximum atomic E-state index is 12.4. The van der Waals surface area contributed by atoms with E-state index in [2.05, 4.69) is 14.8 Å². The molecule has 0 aliphatic heterocycles. The van der Waals surface area contributed by atoms with Gasteiger partial charge in [0.2, 0.25) is 0 Å². The Morgan fingerprint density at radius 3 is 1.94 bits per heavy atom. The van der Waals surface area contributed by atoms with E-state index in [-0.39, 0.29) is 28.1 Å². The minimum atomic E-state index is -0.801. The second kappa shape index (κ2) is 10.6. The first kappa shape index (κ1) is 23.2. The summed E-state index contributed by atoms with van der Waals surface area (Å²) in [6.07, 6.45) is 0. The Kier molecular flexibility index (Phi) is 7.95. The van der Waals surface area contributed by atoms with Crippen molar-refractivity contribution in [2.45, 2.75) is 0 Å². The van der Waals surface area contributed by atoms with Gasteiger partial charge in [-0.05, 0) is 30.3 Å². The van der Waals surface area contributed by atoms with Crippen molar-refractivity contribution in [1.29, 1.82) is 0 Å². The molecule has 0 aliphatic carbocycles. The minimum absolute atomic E-state index is 0.0267. The molecule has 0 fully saturated rings. The lowest BCUT2D eigenvalue weighted by atomic mass is 10.1. The minimum Gasteiger partial charge on any atom is -0.493 e. The first-order valence-electron chi connectivity index (χ1n) is 8.84. The van der Waals surface area contributed by atoms with E-state index in [4.69, 9.17) is 14.2 Å². The molecule has 10 nitrogen and oxygen atoms in total. The first-order chi connectivity index (χ1) is 14.8. The zero-order chi connectivity index (χ0) is 23.0. The van der Waals surface area contributed by atoms with Crippen LogP contribution in [0.1, 0.15) is 31.1 Å². The van der Waals surface area contributed by atoms with Gasteiger partial charge in [-0.1, -0.05) is 6.07 Å². The summed E-state index contributed by atoms with van der Waals surface area (Å²) >= 11 is 0. The van der Waals surface area contributed by atoms with Crippen LogP contribution < -0.4 is 14.8 Å². The van der Waals surface area contributed by atoms with E-state index < -0.39 is 30.4 Å². The van der Waals surface area contributed by atoms with Gasteiger partial charge >= 0.3 is 17.9 Å². The van der Waals surface area contributed by atoms with Crippen molar-refractivity contribution in [3.05, 3.63) is 53.1 Å². The van der Waals surface area contributed by atoms with E-state index in [1.54, 1.807) is 12.1 Å². The molecular weight excluding hydrogens is 410 g/mol. The number of esters is 3. The molecule has 2 aromatic rings. The Balaban J connectivity index is 2.13. The number of carbonyl (C=O) groups excluding carboxylic acids is 4. The molecule has 1 amide bonds. The van der Waals surface area contributed by atoms with Gasteiger partial charge in [0.25, 0.3) is 5.91 Å². The molecule has 2 aromatic carbocycles. The molecule has 0 saturated heterocycles. The maximum Gasteiger partial charge on any atom is 0.342 e. The molecule has 0 bridgehead atoms. The van der Waals surface area contributed by atoms with E-state index in [9.17, 15) is 19.2 Å². The van der Waals surface area contributed by atoms with Crippen LogP contribution in [0.2, 0.25) is 0 Å². The molecule has 0 heterocycles. The van der Waals surface area contributed by atoms with Crippen molar-refractivity contribution in [1.82, 2.24) is 0 Å². The fourth-order valence-electron chi connectivity index (χ4n) is 2.62. The van der Waals surface area contributed by atoms with Crippen LogP contribution in [0.4, 0.5) is 5.69 Å². The lowest BCUT2D eigenvalue weighted by molar-refractivity contribution is -0.119. The summed E-state index contributed by atoms with van der Waals surface area (Å²) in [6, 6.07) is 8.53. The number of hydrogen-bond donors (Lipinski definition) is 1. The summed E-state index contributed by atoms with van der Waals surface area (Å²) < 4.78 is 24.6. The number of hydrogen-bond acceptors (Lipinski definition) is 9. The summed E-state index contributed by atoms with van der Waals surface area (Å²) in [5.74, 6) is -2.42. The number of anilines is 1. The van der Waals surface area contributed by atoms with Crippen LogP contribution in [0, 0.1) is 0 Å². The normalized spacial score (nSPS) is 9.94. The highest BCUT2D eigenvalue weighted by atomic mass is 16.5. The van der Waals surface area contributed by atoms with Gasteiger partial charge < -0.3 is 29.0 Å². The van der Waals surface area contributed by atoms with Crippen molar-refractivity contribution < 1.29 is 42.9 Å². The molecule has 1 N–H and O–H groups in total. The highest BCUT2D eigenvalue weighted by Gasteiger charge is 2.19. The zero-order valence-corrected chi connectivity index (χ0v) is 17.3. The second-order valence-electron chi connectivity index (χ2n) is 5.95. The number of ether oxygens (including phenoxy) is 5. The zero-order valence-electron chi connectivity index (χ0n) is 17.3. The van der Waals surface area contributed by atoms with Gasteiger partial charge in [0, 0.05) is 5.69 Å². The van der Waals surface area contributed by atoms with Crippen LogP contribution in [-0.4, -0.2) is 58.9 Å². The predicted molar refractivity (Wildman–Crippen MR) is 108 cm³/mol. The number of benzene rings is 2. The SMILES string of the molecule is COC(=O)c1cc(NC(=O)COC(=O)c2cccc(OC)c2OC)cc(C(=O)OC)c1. The Labute approximate surface area is 178 Å². The molecular formula is C21H21NO9. The number of amides is 1. The highest BCUT2D eigenvalue weighted by molar-refractivity contribution is 6.00. The Morgan fingerprint density at radius 2 is 1.42 bits per heavy atom. The molecule has 0 radical (unpaired) electrons. The van der Waals surface area contributed by atoms with E-state index in [0.29, 0.717) is 5.75 Å². The summed E-state index contributed by atoms with van der Waals surface area (Å²) in [5.41, 5.74) is 0.247. The summed E-state index contributed by atoms with van der Waals surface area (Å²) in [6.45, 7) is -0.630. The Hall–Kier alpha value is -4.08. The van der Waals surface area contributed by atoms with Gasteiger partial charge in [-0.15, -0.1) is 0 Å². The third kappa shape index (κ3) is 5.72. The Bertz CT molecular complexity index is 966. The Morgan fingerprint density at radius 1 is 0.806 bits per heavy atom. The maximum absolute atomic E-state index is 12.4. The molecule has 10 heteroatoms. The predicted octanol–water partition coefficient (Wildman–Crippen LogP) is 2.07. The smallest absolute Gasteiger partial charge is 0.342 e. The third-order valence-electron chi connectivity index (χ3n) is 4.02. The monoisotopic (exact) mass is 431 g/mol. The fourth-order valence-corrected chi connectivity index (χ4v) is 2.62. The lowest BCUT2D eigenvalue weighted by Crippen LogP contribution is -2.21. The largest absolute Gasteiger partial charge is 0.493 e. The molecule has 2 rings (SSSR count). The molecule has 0 spiro atoms. The fraction of sp³-hybridized carbons (Fsp3) is 0.238. The first-order valence-corrected chi connectivity index (χ1v) is 8.84. The number of nitrogens with one attached hydrogen (secondary N) is 1. The molecule has 0 aromatic heterocycles. The number of rotatable bonds is 8. The van der Waals surface area contributed by atoms with Crippen LogP contribution >= 0.6 is 0 Å². The van der Waals surface area contributed by atoms with Crippen LogP contribution in [0.15, 0.2) is 36.4 Å². The van der Waals surface area contributed by atoms with Crippen molar-refractivity contribution >= 4 is 29.5 Å². The number of para-hydroxylation sites is 1. The third-order valence-corrected chi connectivity index (χ3v) is 4.02. The molecule has 0 saturated carbocycles. The lowest BCUT2D eigenvalue weighted by Gasteiger charge is -2.12. The van der Waals surface area contributed by atoms with Crippen molar-refractivity contribution in [3.8, 4) is 11.5 Å². The summed E-state index contributed by atoms with van der Waals surface area (Å²) in [7, 11) is 5.15. The van der Waals surface area contributed by atoms with Gasteiger partial charge in [-0.3, -0.25) is 4.79 Å². The number of carbonyl (C=O) groups is 4. The molecule has 0 unspecified atom stereocenters. The second-order valence-corrected chi connectivity index (χ2v) is 5.95. The van der Waals surface area contributed by atoms with Crippen molar-refractivity contribution in [2.75, 3.05) is 40.4 Å². The van der Waals surface area contributed by atoms with Crippen LogP contribution in [0.5, 0.6) is 11.5 Å². The van der Waals surface area contributed by atoms with Crippen molar-refractivity contribution in [2.24, 2.45) is 0 Å². The van der Waals surface area contributed by atoms with Gasteiger partial charge in [0.1, 0.15) is 5.56 Å². The number of methoxy groups -OCH3 is 4. The molecule has 31 heavy (non-hydrogen) atoms.